The molecule has 0 saturated carbocycles. The fraction of sp³-hybridized carbons (Fsp3) is 0.500. The Morgan fingerprint density at radius 2 is 2.00 bits per heavy atom. The summed E-state index contributed by atoms with van der Waals surface area (Å²) in [4.78, 5) is 0. The number of rotatable bonds is 1. The van der Waals surface area contributed by atoms with Gasteiger partial charge in [0.05, 0.1) is 0 Å². The van der Waals surface area contributed by atoms with E-state index < -0.39 is 0 Å². The average Bonchev–Trinajstić information content (AvgIpc) is 2.01. The normalized spacial score (nSPS) is 23.3. The van der Waals surface area contributed by atoms with Gasteiger partial charge in [0.2, 0.25) is 0 Å². The molecule has 0 fully saturated rings. The molecule has 0 heterocycles. The summed E-state index contributed by atoms with van der Waals surface area (Å²) in [5.74, 6) is 0. The molecule has 0 unspecified atom stereocenters. The molecule has 69 valence electrons. The second-order valence-corrected chi connectivity index (χ2v) is 4.19. The fourth-order valence-corrected chi connectivity index (χ4v) is 1.69. The molecule has 1 radical (unpaired) electrons. The summed E-state index contributed by atoms with van der Waals surface area (Å²) in [5.41, 5.74) is 2.96. The van der Waals surface area contributed by atoms with E-state index in [4.69, 9.17) is 0 Å². The zero-order valence-electron chi connectivity index (χ0n) is 8.85. The minimum absolute atomic E-state index is 0. The Bertz CT molecular complexity index is 244. The molecule has 0 aromatic heterocycles. The summed E-state index contributed by atoms with van der Waals surface area (Å²) in [6, 6.07) is 0. The molecule has 1 aliphatic carbocycles. The SMILES string of the molecule is C=CC1=[C-]/C(=C/C)CC(C)(C)C1.[Y]. The van der Waals surface area contributed by atoms with E-state index in [1.807, 2.05) is 6.08 Å². The molecule has 1 heteroatoms. The van der Waals surface area contributed by atoms with Crippen LogP contribution in [0.15, 0.2) is 29.9 Å². The maximum atomic E-state index is 3.79. The molecule has 0 bridgehead atoms. The van der Waals surface area contributed by atoms with Crippen molar-refractivity contribution < 1.29 is 32.7 Å². The molecule has 13 heavy (non-hydrogen) atoms. The van der Waals surface area contributed by atoms with E-state index in [2.05, 4.69) is 39.5 Å². The molecule has 0 saturated heterocycles. The van der Waals surface area contributed by atoms with Gasteiger partial charge in [-0.2, -0.15) is 36.0 Å². The monoisotopic (exact) mass is 250 g/mol. The third-order valence-corrected chi connectivity index (χ3v) is 2.25. The Kier molecular flexibility index (Phi) is 5.40. The summed E-state index contributed by atoms with van der Waals surface area (Å²) in [7, 11) is 0. The number of hydrogen-bond donors (Lipinski definition) is 0. The molecular formula is C12H17Y-. The summed E-state index contributed by atoms with van der Waals surface area (Å²) in [5, 5.41) is 0. The Hall–Kier alpha value is 0.324. The topological polar surface area (TPSA) is 0 Å². The minimum Gasteiger partial charge on any atom is -0.179 e. The quantitative estimate of drug-likeness (QED) is 0.623. The molecule has 0 spiro atoms. The van der Waals surface area contributed by atoms with Crippen molar-refractivity contribution in [2.24, 2.45) is 5.41 Å². The van der Waals surface area contributed by atoms with Crippen LogP contribution in [-0.4, -0.2) is 0 Å². The minimum atomic E-state index is 0. The van der Waals surface area contributed by atoms with Crippen molar-refractivity contribution in [3.05, 3.63) is 36.0 Å². The van der Waals surface area contributed by atoms with E-state index >= 15 is 0 Å². The summed E-state index contributed by atoms with van der Waals surface area (Å²) < 4.78 is 0. The standard InChI is InChI=1S/C12H17.Y/c1-5-10-7-11(6-2)9-12(3,4)8-10;/h5-6H,1,8-9H2,2-4H3;/q-1;/b11-6-;. The Labute approximate surface area is 107 Å². The molecule has 0 aliphatic heterocycles. The first-order valence-electron chi connectivity index (χ1n) is 4.48. The zero-order valence-corrected chi connectivity index (χ0v) is 11.7. The van der Waals surface area contributed by atoms with Crippen LogP contribution >= 0.6 is 0 Å². The first kappa shape index (κ1) is 13.3. The summed E-state index contributed by atoms with van der Waals surface area (Å²) in [6.07, 6.45) is 9.68. The predicted molar refractivity (Wildman–Crippen MR) is 53.7 cm³/mol. The molecule has 0 nitrogen and oxygen atoms in total. The van der Waals surface area contributed by atoms with Crippen molar-refractivity contribution in [2.45, 2.75) is 33.6 Å². The predicted octanol–water partition coefficient (Wildman–Crippen LogP) is 3.67. The molecule has 1 aliphatic rings. The van der Waals surface area contributed by atoms with Gasteiger partial charge < -0.3 is 0 Å². The maximum absolute atomic E-state index is 3.79. The van der Waals surface area contributed by atoms with E-state index in [0.29, 0.717) is 5.41 Å². The van der Waals surface area contributed by atoms with Crippen molar-refractivity contribution >= 4 is 0 Å². The van der Waals surface area contributed by atoms with Gasteiger partial charge in [-0.05, 0) is 18.3 Å². The fourth-order valence-electron chi connectivity index (χ4n) is 1.69. The van der Waals surface area contributed by atoms with Gasteiger partial charge in [0, 0.05) is 32.7 Å². The van der Waals surface area contributed by atoms with Gasteiger partial charge in [0.15, 0.2) is 0 Å². The average molecular weight is 250 g/mol. The van der Waals surface area contributed by atoms with Crippen LogP contribution in [0.4, 0.5) is 0 Å². The molecule has 1 rings (SSSR count). The van der Waals surface area contributed by atoms with Crippen LogP contribution in [0.25, 0.3) is 0 Å². The summed E-state index contributed by atoms with van der Waals surface area (Å²) >= 11 is 0. The third-order valence-electron chi connectivity index (χ3n) is 2.25. The van der Waals surface area contributed by atoms with Crippen LogP contribution in [0.1, 0.15) is 33.6 Å². The second-order valence-electron chi connectivity index (χ2n) is 4.19. The maximum Gasteiger partial charge on any atom is 0 e. The van der Waals surface area contributed by atoms with Gasteiger partial charge >= 0.3 is 0 Å². The van der Waals surface area contributed by atoms with Gasteiger partial charge in [-0.25, -0.2) is 0 Å². The van der Waals surface area contributed by atoms with Gasteiger partial charge in [-0.15, -0.1) is 0 Å². The molecular weight excluding hydrogens is 233 g/mol. The van der Waals surface area contributed by atoms with Crippen molar-refractivity contribution in [3.63, 3.8) is 0 Å². The largest absolute Gasteiger partial charge is 0.179 e. The van der Waals surface area contributed by atoms with Crippen LogP contribution in [-0.2, 0) is 32.7 Å². The van der Waals surface area contributed by atoms with Gasteiger partial charge in [0.1, 0.15) is 0 Å². The molecule has 0 N–H and O–H groups in total. The Balaban J connectivity index is 0.00000144. The van der Waals surface area contributed by atoms with E-state index in [9.17, 15) is 0 Å². The number of allylic oxidation sites excluding steroid dienone is 5. The van der Waals surface area contributed by atoms with E-state index in [1.54, 1.807) is 0 Å². The number of hydrogen-bond acceptors (Lipinski definition) is 0. The van der Waals surface area contributed by atoms with Crippen LogP contribution < -0.4 is 0 Å². The van der Waals surface area contributed by atoms with Crippen molar-refractivity contribution in [1.29, 1.82) is 0 Å². The second kappa shape index (κ2) is 5.27. The van der Waals surface area contributed by atoms with Gasteiger partial charge in [-0.1, -0.05) is 20.8 Å². The Morgan fingerprint density at radius 1 is 1.38 bits per heavy atom. The molecule has 0 amide bonds. The van der Waals surface area contributed by atoms with Crippen LogP contribution in [0, 0.1) is 11.5 Å². The van der Waals surface area contributed by atoms with Crippen molar-refractivity contribution in [2.75, 3.05) is 0 Å². The first-order chi connectivity index (χ1) is 5.57. The van der Waals surface area contributed by atoms with E-state index in [1.165, 1.54) is 11.1 Å². The molecule has 0 atom stereocenters. The van der Waals surface area contributed by atoms with Crippen LogP contribution in [0.5, 0.6) is 0 Å². The van der Waals surface area contributed by atoms with Gasteiger partial charge in [-0.3, -0.25) is 0 Å². The van der Waals surface area contributed by atoms with E-state index in [0.717, 1.165) is 12.8 Å². The van der Waals surface area contributed by atoms with Crippen molar-refractivity contribution in [1.82, 2.24) is 0 Å². The summed E-state index contributed by atoms with van der Waals surface area (Å²) in [6.45, 7) is 10.5. The molecule has 0 aromatic carbocycles. The van der Waals surface area contributed by atoms with E-state index in [-0.39, 0.29) is 32.7 Å². The molecule has 0 aromatic rings. The van der Waals surface area contributed by atoms with Crippen LogP contribution in [0.3, 0.4) is 0 Å². The van der Waals surface area contributed by atoms with Gasteiger partial charge in [0.25, 0.3) is 0 Å². The van der Waals surface area contributed by atoms with Crippen molar-refractivity contribution in [3.8, 4) is 0 Å². The Morgan fingerprint density at radius 3 is 2.46 bits per heavy atom. The first-order valence-corrected chi connectivity index (χ1v) is 4.48. The van der Waals surface area contributed by atoms with Crippen LogP contribution in [0.2, 0.25) is 0 Å². The third kappa shape index (κ3) is 3.91. The smallest absolute Gasteiger partial charge is 0 e. The zero-order chi connectivity index (χ0) is 9.19.